The average Bonchev–Trinajstić information content (AvgIpc) is 3.51. The minimum Gasteiger partial charge on any atom is -0.501 e. The van der Waals surface area contributed by atoms with Gasteiger partial charge in [-0.2, -0.15) is 0 Å². The molecule has 6 heteroatoms. The van der Waals surface area contributed by atoms with E-state index in [1.807, 2.05) is 36.5 Å². The third-order valence-electron chi connectivity index (χ3n) is 9.75. The number of furan rings is 1. The molecule has 0 spiro atoms. The van der Waals surface area contributed by atoms with Crippen LogP contribution in [0, 0.1) is 23.9 Å². The van der Waals surface area contributed by atoms with Crippen LogP contribution in [0.5, 0.6) is 0 Å². The molecule has 0 amide bonds. The Morgan fingerprint density at radius 2 is 1.54 bits per heavy atom. The Hall–Kier alpha value is -3.90. The molecule has 0 aliphatic rings. The van der Waals surface area contributed by atoms with Crippen molar-refractivity contribution in [1.82, 2.24) is 9.97 Å². The van der Waals surface area contributed by atoms with E-state index < -0.39 is 13.3 Å². The van der Waals surface area contributed by atoms with E-state index in [1.165, 1.54) is 27.7 Å². The van der Waals surface area contributed by atoms with Crippen LogP contribution in [0.2, 0.25) is 17.3 Å². The summed E-state index contributed by atoms with van der Waals surface area (Å²) in [6, 6.07) is 38.2. The third kappa shape index (κ3) is 8.65. The van der Waals surface area contributed by atoms with Crippen molar-refractivity contribution in [1.29, 1.82) is 0 Å². The predicted molar refractivity (Wildman–Crippen MR) is 215 cm³/mol. The second-order valence-corrected chi connectivity index (χ2v) is 26.5. The van der Waals surface area contributed by atoms with Crippen LogP contribution < -0.4 is 4.40 Å². The molecule has 4 aromatic carbocycles. The number of rotatable bonds is 6. The summed E-state index contributed by atoms with van der Waals surface area (Å²) in [6.45, 7) is 13.4. The van der Waals surface area contributed by atoms with Gasteiger partial charge in [-0.05, 0) is 47.2 Å². The maximum absolute atomic E-state index is 13.5. The number of hydrogen-bond donors (Lipinski definition) is 0. The van der Waals surface area contributed by atoms with E-state index in [9.17, 15) is 4.39 Å². The Kier molecular flexibility index (Phi) is 12.1. The molecule has 3 heterocycles. The van der Waals surface area contributed by atoms with Crippen molar-refractivity contribution in [3.63, 3.8) is 0 Å². The number of pyridine rings is 2. The monoisotopic (exact) mass is 929 g/mol. The Balaban J connectivity index is 0.000000217. The third-order valence-corrected chi connectivity index (χ3v) is 14.0. The minimum atomic E-state index is -1.76. The quantitative estimate of drug-likeness (QED) is 0.123. The molecular formula is C46H47FGeIrN2O-2. The van der Waals surface area contributed by atoms with Crippen LogP contribution in [0.3, 0.4) is 0 Å². The van der Waals surface area contributed by atoms with Gasteiger partial charge >= 0.3 is 126 Å². The van der Waals surface area contributed by atoms with Gasteiger partial charge in [0.1, 0.15) is 11.4 Å². The molecule has 0 bridgehead atoms. The van der Waals surface area contributed by atoms with Crippen molar-refractivity contribution in [2.24, 2.45) is 5.92 Å². The number of nitrogens with zero attached hydrogens (tertiary/aromatic N) is 2. The predicted octanol–water partition coefficient (Wildman–Crippen LogP) is 12.4. The SMILES string of the molecule is CC(C)(C)c1cc[c-]c(-c2cc[c]([Ge]([CH3])([CH3])[CH3])cn2)c1.CC(C)C(C)c1ccnc(-c2[c-]cc(-c3ccc(F)cc3)c3c2oc2ccccc23)c1.[Ir]. The van der Waals surface area contributed by atoms with Crippen LogP contribution in [0.25, 0.3) is 55.6 Å². The molecule has 269 valence electrons. The number of fused-ring (bicyclic) bond motifs is 3. The van der Waals surface area contributed by atoms with Crippen molar-refractivity contribution < 1.29 is 28.9 Å². The number of halogens is 1. The van der Waals surface area contributed by atoms with Crippen molar-refractivity contribution in [2.45, 2.75) is 70.1 Å². The molecule has 0 saturated carbocycles. The first-order chi connectivity index (χ1) is 24.2. The summed E-state index contributed by atoms with van der Waals surface area (Å²) >= 11 is -1.76. The average molecular weight is 928 g/mol. The maximum atomic E-state index is 13.5. The Labute approximate surface area is 324 Å². The number of hydrogen-bond acceptors (Lipinski definition) is 3. The fraction of sp³-hybridized carbons (Fsp3) is 0.261. The molecule has 1 radical (unpaired) electrons. The van der Waals surface area contributed by atoms with Gasteiger partial charge < -0.3 is 9.40 Å². The van der Waals surface area contributed by atoms with Crippen LogP contribution in [-0.2, 0) is 25.5 Å². The molecular weight excluding hydrogens is 880 g/mol. The fourth-order valence-corrected chi connectivity index (χ4v) is 8.32. The van der Waals surface area contributed by atoms with Crippen LogP contribution in [0.1, 0.15) is 58.6 Å². The fourth-order valence-electron chi connectivity index (χ4n) is 6.15. The normalized spacial score (nSPS) is 12.4. The molecule has 3 nitrogen and oxygen atoms in total. The molecule has 3 aromatic heterocycles. The van der Waals surface area contributed by atoms with Gasteiger partial charge in [0.25, 0.3) is 0 Å². The van der Waals surface area contributed by atoms with E-state index in [-0.39, 0.29) is 31.3 Å². The first kappa shape index (κ1) is 39.3. The van der Waals surface area contributed by atoms with Gasteiger partial charge in [0.2, 0.25) is 0 Å². The minimum absolute atomic E-state index is 0. The van der Waals surface area contributed by atoms with Crippen LogP contribution in [0.15, 0.2) is 114 Å². The molecule has 0 aliphatic carbocycles. The molecule has 1 unspecified atom stereocenters. The standard InChI is InChI=1S/C28H23FNO.C18H24GeN.Ir/c1-17(2)18(3)20-14-15-30-25(16-20)23-13-12-22(19-8-10-21(29)11-9-19)27-24-6-4-5-7-26(24)31-28(23)27;1-18(2,3)15-9-7-8-14(12-15)17-11-10-16(13-20-17)19(4,5)6;/h4-12,14-18H,1-3H3;7,9-13H,1-6H3;/q2*-1;. The van der Waals surface area contributed by atoms with Crippen molar-refractivity contribution in [3.05, 3.63) is 139 Å². The van der Waals surface area contributed by atoms with Crippen molar-refractivity contribution in [3.8, 4) is 33.6 Å². The number of aromatic nitrogens is 2. The first-order valence-electron chi connectivity index (χ1n) is 17.8. The van der Waals surface area contributed by atoms with Crippen LogP contribution >= 0.6 is 0 Å². The molecule has 0 fully saturated rings. The van der Waals surface area contributed by atoms with E-state index >= 15 is 0 Å². The van der Waals surface area contributed by atoms with Crippen LogP contribution in [0.4, 0.5) is 4.39 Å². The topological polar surface area (TPSA) is 38.9 Å². The summed E-state index contributed by atoms with van der Waals surface area (Å²) in [6.07, 6.45) is 3.92. The summed E-state index contributed by atoms with van der Waals surface area (Å²) < 4.78 is 21.3. The molecule has 52 heavy (non-hydrogen) atoms. The summed E-state index contributed by atoms with van der Waals surface area (Å²) in [5.74, 6) is 7.88. The second-order valence-electron chi connectivity index (χ2n) is 15.8. The summed E-state index contributed by atoms with van der Waals surface area (Å²) in [4.78, 5) is 9.30. The second kappa shape index (κ2) is 16.0. The molecule has 7 rings (SSSR count). The molecule has 0 saturated heterocycles. The summed E-state index contributed by atoms with van der Waals surface area (Å²) in [7, 11) is 0. The summed E-state index contributed by atoms with van der Waals surface area (Å²) in [5.41, 5.74) is 9.99. The van der Waals surface area contributed by atoms with E-state index in [0.717, 1.165) is 55.6 Å². The van der Waals surface area contributed by atoms with E-state index in [0.29, 0.717) is 11.8 Å². The molecule has 7 aromatic rings. The zero-order chi connectivity index (χ0) is 36.5. The van der Waals surface area contributed by atoms with E-state index in [2.05, 4.69) is 130 Å². The van der Waals surface area contributed by atoms with Gasteiger partial charge in [0.05, 0.1) is 5.58 Å². The Bertz CT molecular complexity index is 2280. The van der Waals surface area contributed by atoms with Gasteiger partial charge in [0.15, 0.2) is 0 Å². The van der Waals surface area contributed by atoms with Gasteiger partial charge in [0, 0.05) is 31.7 Å². The maximum Gasteiger partial charge on any atom is 0.123 e. The zero-order valence-corrected chi connectivity index (χ0v) is 36.1. The first-order valence-corrected chi connectivity index (χ1v) is 25.1. The van der Waals surface area contributed by atoms with Gasteiger partial charge in [-0.3, -0.25) is 0 Å². The smallest absolute Gasteiger partial charge is 0.123 e. The van der Waals surface area contributed by atoms with Crippen LogP contribution in [-0.4, -0.2) is 23.2 Å². The number of benzene rings is 4. The summed E-state index contributed by atoms with van der Waals surface area (Å²) in [5, 5.41) is 2.03. The molecule has 0 aliphatic heterocycles. The van der Waals surface area contributed by atoms with E-state index in [4.69, 9.17) is 4.42 Å². The Morgan fingerprint density at radius 3 is 2.19 bits per heavy atom. The number of para-hydroxylation sites is 1. The van der Waals surface area contributed by atoms with Crippen molar-refractivity contribution >= 4 is 39.6 Å². The molecule has 1 atom stereocenters. The van der Waals surface area contributed by atoms with Gasteiger partial charge in [-0.25, -0.2) is 4.39 Å². The molecule has 0 N–H and O–H groups in total. The zero-order valence-electron chi connectivity index (χ0n) is 31.6. The van der Waals surface area contributed by atoms with Gasteiger partial charge in [-0.1, -0.05) is 79.4 Å². The Morgan fingerprint density at radius 1 is 0.808 bits per heavy atom. The van der Waals surface area contributed by atoms with Gasteiger partial charge in [-0.15, -0.1) is 12.1 Å². The van der Waals surface area contributed by atoms with Crippen molar-refractivity contribution in [2.75, 3.05) is 0 Å². The largest absolute Gasteiger partial charge is 0.501 e. The van der Waals surface area contributed by atoms with E-state index in [1.54, 1.807) is 12.1 Å².